The summed E-state index contributed by atoms with van der Waals surface area (Å²) in [5.41, 5.74) is 5.53. The molecule has 0 aromatic heterocycles. The molecule has 0 saturated carbocycles. The zero-order valence-corrected chi connectivity index (χ0v) is 10.0. The maximum Gasteiger partial charge on any atom is 0.119 e. The summed E-state index contributed by atoms with van der Waals surface area (Å²) in [6.45, 7) is 3.71. The summed E-state index contributed by atoms with van der Waals surface area (Å²) in [5.74, 6) is 3.70. The van der Waals surface area contributed by atoms with Crippen molar-refractivity contribution in [3.8, 4) is 5.75 Å². The Morgan fingerprint density at radius 2 is 2.07 bits per heavy atom. The molecular weight excluding hydrogens is 206 g/mol. The molecule has 0 aliphatic heterocycles. The Balaban J connectivity index is 2.03. The topological polar surface area (TPSA) is 35.2 Å². The molecule has 1 rings (SSSR count). The highest BCUT2D eigenvalue weighted by molar-refractivity contribution is 7.99. The average Bonchev–Trinajstić information content (AvgIpc) is 2.29. The molecule has 0 saturated heterocycles. The molecule has 0 radical (unpaired) electrons. The van der Waals surface area contributed by atoms with Crippen molar-refractivity contribution >= 4 is 11.8 Å². The first-order valence-electron chi connectivity index (χ1n) is 5.28. The summed E-state index contributed by atoms with van der Waals surface area (Å²) in [7, 11) is 0. The van der Waals surface area contributed by atoms with Crippen LogP contribution in [0, 0.1) is 5.92 Å². The first-order valence-corrected chi connectivity index (χ1v) is 6.44. The lowest BCUT2D eigenvalue weighted by Crippen LogP contribution is -2.13. The van der Waals surface area contributed by atoms with Gasteiger partial charge in [-0.1, -0.05) is 25.1 Å². The van der Waals surface area contributed by atoms with E-state index in [1.54, 1.807) is 0 Å². The lowest BCUT2D eigenvalue weighted by molar-refractivity contribution is 0.344. The second kappa shape index (κ2) is 7.60. The van der Waals surface area contributed by atoms with Crippen LogP contribution in [0.1, 0.15) is 6.92 Å². The van der Waals surface area contributed by atoms with Gasteiger partial charge in [0.15, 0.2) is 0 Å². The van der Waals surface area contributed by atoms with Gasteiger partial charge in [0.2, 0.25) is 0 Å². The Bertz CT molecular complexity index is 253. The second-order valence-electron chi connectivity index (χ2n) is 3.58. The number of nitrogens with two attached hydrogens (primary N) is 1. The van der Waals surface area contributed by atoms with E-state index >= 15 is 0 Å². The van der Waals surface area contributed by atoms with Gasteiger partial charge in [0, 0.05) is 5.75 Å². The van der Waals surface area contributed by atoms with Crippen LogP contribution in [0.4, 0.5) is 0 Å². The van der Waals surface area contributed by atoms with Gasteiger partial charge in [-0.3, -0.25) is 0 Å². The van der Waals surface area contributed by atoms with E-state index in [-0.39, 0.29) is 0 Å². The Labute approximate surface area is 96.2 Å². The summed E-state index contributed by atoms with van der Waals surface area (Å²) in [4.78, 5) is 0. The largest absolute Gasteiger partial charge is 0.493 e. The molecular formula is C12H19NOS. The molecule has 0 fully saturated rings. The van der Waals surface area contributed by atoms with Gasteiger partial charge in [0.05, 0.1) is 6.61 Å². The Morgan fingerprint density at radius 3 is 2.73 bits per heavy atom. The maximum atomic E-state index is 5.57. The fraction of sp³-hybridized carbons (Fsp3) is 0.500. The molecule has 1 aromatic rings. The van der Waals surface area contributed by atoms with Crippen molar-refractivity contribution in [1.29, 1.82) is 0 Å². The minimum Gasteiger partial charge on any atom is -0.493 e. The van der Waals surface area contributed by atoms with E-state index in [0.717, 1.165) is 30.4 Å². The van der Waals surface area contributed by atoms with E-state index < -0.39 is 0 Å². The van der Waals surface area contributed by atoms with Gasteiger partial charge in [-0.2, -0.15) is 11.8 Å². The normalized spacial score (nSPS) is 12.4. The van der Waals surface area contributed by atoms with Crippen LogP contribution < -0.4 is 10.5 Å². The van der Waals surface area contributed by atoms with Crippen LogP contribution in [0.15, 0.2) is 30.3 Å². The smallest absolute Gasteiger partial charge is 0.119 e. The molecule has 15 heavy (non-hydrogen) atoms. The third kappa shape index (κ3) is 5.70. The maximum absolute atomic E-state index is 5.57. The summed E-state index contributed by atoms with van der Waals surface area (Å²) in [6.07, 6.45) is 0. The molecule has 2 nitrogen and oxygen atoms in total. The van der Waals surface area contributed by atoms with E-state index in [1.807, 2.05) is 42.1 Å². The molecule has 1 unspecified atom stereocenters. The Kier molecular flexibility index (Phi) is 6.28. The predicted octanol–water partition coefficient (Wildman–Crippen LogP) is 2.39. The second-order valence-corrected chi connectivity index (χ2v) is 4.73. The van der Waals surface area contributed by atoms with Crippen LogP contribution in [0.5, 0.6) is 5.75 Å². The van der Waals surface area contributed by atoms with Gasteiger partial charge in [-0.25, -0.2) is 0 Å². The standard InChI is InChI=1S/C12H19NOS/c1-11(9-13)10-15-8-7-14-12-5-3-2-4-6-12/h2-6,11H,7-10,13H2,1H3. The van der Waals surface area contributed by atoms with Gasteiger partial charge in [0.25, 0.3) is 0 Å². The van der Waals surface area contributed by atoms with Crippen molar-refractivity contribution in [1.82, 2.24) is 0 Å². The van der Waals surface area contributed by atoms with Crippen molar-refractivity contribution < 1.29 is 4.74 Å². The average molecular weight is 225 g/mol. The van der Waals surface area contributed by atoms with Crippen LogP contribution in [-0.2, 0) is 0 Å². The number of rotatable bonds is 7. The lowest BCUT2D eigenvalue weighted by atomic mass is 10.2. The summed E-state index contributed by atoms with van der Waals surface area (Å²) < 4.78 is 5.57. The van der Waals surface area contributed by atoms with Gasteiger partial charge < -0.3 is 10.5 Å². The number of hydrogen-bond donors (Lipinski definition) is 1. The molecule has 0 bridgehead atoms. The number of ether oxygens (including phenoxy) is 1. The number of benzene rings is 1. The van der Waals surface area contributed by atoms with Crippen LogP contribution >= 0.6 is 11.8 Å². The van der Waals surface area contributed by atoms with Gasteiger partial charge in [-0.05, 0) is 30.3 Å². The van der Waals surface area contributed by atoms with Crippen LogP contribution in [0.3, 0.4) is 0 Å². The molecule has 3 heteroatoms. The van der Waals surface area contributed by atoms with Crippen molar-refractivity contribution in [2.45, 2.75) is 6.92 Å². The van der Waals surface area contributed by atoms with E-state index in [9.17, 15) is 0 Å². The van der Waals surface area contributed by atoms with Crippen molar-refractivity contribution in [2.24, 2.45) is 11.7 Å². The van der Waals surface area contributed by atoms with Crippen LogP contribution in [0.25, 0.3) is 0 Å². The van der Waals surface area contributed by atoms with Gasteiger partial charge >= 0.3 is 0 Å². The summed E-state index contributed by atoms with van der Waals surface area (Å²) in [5, 5.41) is 0. The molecule has 0 aliphatic carbocycles. The van der Waals surface area contributed by atoms with E-state index in [1.165, 1.54) is 0 Å². The molecule has 0 amide bonds. The third-order valence-corrected chi connectivity index (χ3v) is 3.30. The molecule has 0 aliphatic rings. The quantitative estimate of drug-likeness (QED) is 0.724. The molecule has 0 heterocycles. The fourth-order valence-electron chi connectivity index (χ4n) is 1.09. The minimum absolute atomic E-state index is 0.603. The number of thioether (sulfide) groups is 1. The Hall–Kier alpha value is -0.670. The third-order valence-electron chi connectivity index (χ3n) is 2.04. The summed E-state index contributed by atoms with van der Waals surface area (Å²) in [6, 6.07) is 9.92. The molecule has 2 N–H and O–H groups in total. The zero-order valence-electron chi connectivity index (χ0n) is 9.19. The predicted molar refractivity (Wildman–Crippen MR) is 67.5 cm³/mol. The van der Waals surface area contributed by atoms with Crippen molar-refractivity contribution in [3.05, 3.63) is 30.3 Å². The highest BCUT2D eigenvalue weighted by Crippen LogP contribution is 2.10. The Morgan fingerprint density at radius 1 is 1.33 bits per heavy atom. The lowest BCUT2D eigenvalue weighted by Gasteiger charge is -2.08. The molecule has 1 atom stereocenters. The van der Waals surface area contributed by atoms with Crippen molar-refractivity contribution in [2.75, 3.05) is 24.7 Å². The number of hydrogen-bond acceptors (Lipinski definition) is 3. The zero-order chi connectivity index (χ0) is 10.9. The van der Waals surface area contributed by atoms with E-state index in [4.69, 9.17) is 10.5 Å². The SMILES string of the molecule is CC(CN)CSCCOc1ccccc1. The minimum atomic E-state index is 0.603. The fourth-order valence-corrected chi connectivity index (χ4v) is 1.99. The van der Waals surface area contributed by atoms with E-state index in [2.05, 4.69) is 6.92 Å². The monoisotopic (exact) mass is 225 g/mol. The van der Waals surface area contributed by atoms with Crippen LogP contribution in [-0.4, -0.2) is 24.7 Å². The first kappa shape index (κ1) is 12.4. The van der Waals surface area contributed by atoms with Crippen molar-refractivity contribution in [3.63, 3.8) is 0 Å². The first-order chi connectivity index (χ1) is 7.33. The van der Waals surface area contributed by atoms with Gasteiger partial charge in [0.1, 0.15) is 5.75 Å². The summed E-state index contributed by atoms with van der Waals surface area (Å²) >= 11 is 1.90. The number of para-hydroxylation sites is 1. The highest BCUT2D eigenvalue weighted by Gasteiger charge is 1.98. The van der Waals surface area contributed by atoms with Crippen LogP contribution in [0.2, 0.25) is 0 Å². The molecule has 84 valence electrons. The molecule has 0 spiro atoms. The van der Waals surface area contributed by atoms with Gasteiger partial charge in [-0.15, -0.1) is 0 Å². The molecule has 1 aromatic carbocycles. The van der Waals surface area contributed by atoms with E-state index in [0.29, 0.717) is 5.92 Å². The highest BCUT2D eigenvalue weighted by atomic mass is 32.2.